The molecule has 49 valence electrons. The van der Waals surface area contributed by atoms with Crippen molar-refractivity contribution in [2.75, 3.05) is 5.75 Å². The van der Waals surface area contributed by atoms with Crippen LogP contribution in [-0.4, -0.2) is 14.2 Å². The summed E-state index contributed by atoms with van der Waals surface area (Å²) >= 11 is 0. The quantitative estimate of drug-likeness (QED) is 0.533. The van der Waals surface area contributed by atoms with Crippen LogP contribution in [0.4, 0.5) is 0 Å². The van der Waals surface area contributed by atoms with E-state index in [1.807, 2.05) is 0 Å². The Morgan fingerprint density at radius 1 is 1.62 bits per heavy atom. The average Bonchev–Trinajstić information content (AvgIpc) is 1.67. The van der Waals surface area contributed by atoms with Gasteiger partial charge in [0.15, 0.2) is 0 Å². The summed E-state index contributed by atoms with van der Waals surface area (Å²) in [6.45, 7) is 4.20. The highest BCUT2D eigenvalue weighted by atomic mass is 32.2. The summed E-state index contributed by atoms with van der Waals surface area (Å²) in [5.74, 6) is 0.0251. The number of hydrogen-bond donors (Lipinski definition) is 0. The second-order valence-electron chi connectivity index (χ2n) is 1.18. The second kappa shape index (κ2) is 3.04. The summed E-state index contributed by atoms with van der Waals surface area (Å²) in [5, 5.41) is 0. The molecule has 0 aromatic carbocycles. The lowest BCUT2D eigenvalue weighted by Crippen LogP contribution is -2.04. The van der Waals surface area contributed by atoms with E-state index in [0.29, 0.717) is 0 Å². The van der Waals surface area contributed by atoms with Crippen LogP contribution in [0.25, 0.3) is 0 Å². The van der Waals surface area contributed by atoms with Crippen LogP contribution in [0.2, 0.25) is 0 Å². The standard InChI is InChI=1S/C4H9O3S/c1-3-7-8(5,6)4-2/h3H,4H2,1-2H3. The van der Waals surface area contributed by atoms with Crippen LogP contribution in [0.1, 0.15) is 13.8 Å². The number of hydrogen-bond acceptors (Lipinski definition) is 3. The van der Waals surface area contributed by atoms with Gasteiger partial charge >= 0.3 is 0 Å². The van der Waals surface area contributed by atoms with E-state index in [-0.39, 0.29) is 5.75 Å². The molecule has 0 aromatic heterocycles. The Bertz CT molecular complexity index is 135. The molecule has 3 nitrogen and oxygen atoms in total. The fourth-order valence-electron chi connectivity index (χ4n) is 0.215. The summed E-state index contributed by atoms with van der Waals surface area (Å²) in [6, 6.07) is 0. The second-order valence-corrected chi connectivity index (χ2v) is 3.06. The minimum absolute atomic E-state index is 0.0251. The van der Waals surface area contributed by atoms with Gasteiger partial charge in [0.05, 0.1) is 5.75 Å². The van der Waals surface area contributed by atoms with Crippen LogP contribution in [-0.2, 0) is 14.3 Å². The summed E-state index contributed by atoms with van der Waals surface area (Å²) in [4.78, 5) is 0. The smallest absolute Gasteiger partial charge is 0.264 e. The van der Waals surface area contributed by atoms with Gasteiger partial charge in [-0.15, -0.1) is 0 Å². The molecular formula is C4H9O3S. The molecule has 0 N–H and O–H groups in total. The molecule has 0 amide bonds. The molecule has 0 fully saturated rings. The zero-order valence-electron chi connectivity index (χ0n) is 4.92. The van der Waals surface area contributed by atoms with Crippen molar-refractivity contribution in [1.82, 2.24) is 0 Å². The van der Waals surface area contributed by atoms with Crippen LogP contribution in [0.5, 0.6) is 0 Å². The van der Waals surface area contributed by atoms with E-state index in [1.54, 1.807) is 0 Å². The molecule has 0 saturated carbocycles. The molecule has 0 saturated heterocycles. The van der Waals surface area contributed by atoms with Crippen LogP contribution in [0.3, 0.4) is 0 Å². The molecule has 0 aromatic rings. The van der Waals surface area contributed by atoms with Gasteiger partial charge in [-0.2, -0.15) is 8.42 Å². The van der Waals surface area contributed by atoms with E-state index in [2.05, 4.69) is 4.18 Å². The van der Waals surface area contributed by atoms with Crippen molar-refractivity contribution in [1.29, 1.82) is 0 Å². The third-order valence-corrected chi connectivity index (χ3v) is 1.79. The molecule has 0 aliphatic heterocycles. The molecule has 0 unspecified atom stereocenters. The van der Waals surface area contributed by atoms with Crippen molar-refractivity contribution in [3.05, 3.63) is 6.61 Å². The van der Waals surface area contributed by atoms with E-state index in [9.17, 15) is 8.42 Å². The minimum atomic E-state index is -3.23. The molecule has 1 radical (unpaired) electrons. The molecule has 0 aliphatic rings. The Morgan fingerprint density at radius 2 is 2.12 bits per heavy atom. The lowest BCUT2D eigenvalue weighted by Gasteiger charge is -1.95. The van der Waals surface area contributed by atoms with Crippen LogP contribution in [0.15, 0.2) is 0 Å². The maximum absolute atomic E-state index is 10.3. The van der Waals surface area contributed by atoms with Crippen molar-refractivity contribution in [2.45, 2.75) is 13.8 Å². The van der Waals surface area contributed by atoms with Gasteiger partial charge in [-0.05, 0) is 13.8 Å². The molecule has 0 bridgehead atoms. The molecule has 8 heavy (non-hydrogen) atoms. The Morgan fingerprint density at radius 3 is 2.25 bits per heavy atom. The largest absolute Gasteiger partial charge is 0.267 e. The van der Waals surface area contributed by atoms with Crippen molar-refractivity contribution >= 4 is 10.1 Å². The van der Waals surface area contributed by atoms with Gasteiger partial charge in [-0.25, -0.2) is 0 Å². The molecule has 0 heterocycles. The van der Waals surface area contributed by atoms with E-state index in [1.165, 1.54) is 13.8 Å². The van der Waals surface area contributed by atoms with Gasteiger partial charge in [-0.3, -0.25) is 4.18 Å². The highest BCUT2D eigenvalue weighted by molar-refractivity contribution is 7.86. The fraction of sp³-hybridized carbons (Fsp3) is 0.750. The first-order valence-corrected chi connectivity index (χ1v) is 3.89. The van der Waals surface area contributed by atoms with Gasteiger partial charge < -0.3 is 0 Å². The van der Waals surface area contributed by atoms with Gasteiger partial charge in [0, 0.05) is 0 Å². The SMILES string of the molecule is C[CH]OS(=O)(=O)CC. The van der Waals surface area contributed by atoms with Crippen LogP contribution < -0.4 is 0 Å². The molecule has 0 atom stereocenters. The molecule has 0 spiro atoms. The van der Waals surface area contributed by atoms with Gasteiger partial charge in [-0.1, -0.05) is 0 Å². The lowest BCUT2D eigenvalue weighted by atomic mass is 10.9. The van der Waals surface area contributed by atoms with E-state index in [0.717, 1.165) is 6.61 Å². The third-order valence-electron chi connectivity index (χ3n) is 0.596. The van der Waals surface area contributed by atoms with Crippen LogP contribution in [0, 0.1) is 6.61 Å². The monoisotopic (exact) mass is 137 g/mol. The molecule has 4 heteroatoms. The zero-order valence-corrected chi connectivity index (χ0v) is 5.73. The first-order chi connectivity index (χ1) is 3.62. The zero-order chi connectivity index (χ0) is 6.62. The van der Waals surface area contributed by atoms with E-state index < -0.39 is 10.1 Å². The summed E-state index contributed by atoms with van der Waals surface area (Å²) in [5.41, 5.74) is 0. The Kier molecular flexibility index (Phi) is 3.01. The fourth-order valence-corrected chi connectivity index (χ4v) is 0.644. The van der Waals surface area contributed by atoms with Crippen molar-refractivity contribution in [2.24, 2.45) is 0 Å². The van der Waals surface area contributed by atoms with Gasteiger partial charge in [0.25, 0.3) is 10.1 Å². The van der Waals surface area contributed by atoms with Crippen LogP contribution >= 0.6 is 0 Å². The Balaban J connectivity index is 3.76. The Hall–Kier alpha value is -0.0900. The number of rotatable bonds is 3. The minimum Gasteiger partial charge on any atom is -0.264 e. The first kappa shape index (κ1) is 7.91. The summed E-state index contributed by atoms with van der Waals surface area (Å²) in [7, 11) is -3.23. The maximum Gasteiger partial charge on any atom is 0.267 e. The predicted molar refractivity (Wildman–Crippen MR) is 30.5 cm³/mol. The van der Waals surface area contributed by atoms with Crippen molar-refractivity contribution in [3.8, 4) is 0 Å². The van der Waals surface area contributed by atoms with E-state index >= 15 is 0 Å². The van der Waals surface area contributed by atoms with Crippen molar-refractivity contribution in [3.63, 3.8) is 0 Å². The first-order valence-electron chi connectivity index (χ1n) is 2.31. The highest BCUT2D eigenvalue weighted by Crippen LogP contribution is 1.92. The highest BCUT2D eigenvalue weighted by Gasteiger charge is 2.03. The lowest BCUT2D eigenvalue weighted by molar-refractivity contribution is 0.401. The van der Waals surface area contributed by atoms with Gasteiger partial charge in [0.1, 0.15) is 6.61 Å². The normalized spacial score (nSPS) is 11.8. The Labute approximate surface area is 49.8 Å². The summed E-state index contributed by atoms with van der Waals surface area (Å²) in [6.07, 6.45) is 0. The van der Waals surface area contributed by atoms with Crippen molar-refractivity contribution < 1.29 is 12.6 Å². The predicted octanol–water partition coefficient (Wildman–Crippen LogP) is 0.534. The molecule has 0 aliphatic carbocycles. The topological polar surface area (TPSA) is 43.4 Å². The van der Waals surface area contributed by atoms with Gasteiger partial charge in [0.2, 0.25) is 0 Å². The van der Waals surface area contributed by atoms with E-state index in [4.69, 9.17) is 0 Å². The molecular weight excluding hydrogens is 128 g/mol. The molecule has 0 rings (SSSR count). The summed E-state index contributed by atoms with van der Waals surface area (Å²) < 4.78 is 24.9. The third kappa shape index (κ3) is 2.98. The average molecular weight is 137 g/mol. The maximum atomic E-state index is 10.3.